The lowest BCUT2D eigenvalue weighted by Crippen LogP contribution is -2.33. The van der Waals surface area contributed by atoms with E-state index in [2.05, 4.69) is 0 Å². The quantitative estimate of drug-likeness (QED) is 0.725. The Morgan fingerprint density at radius 3 is 2.50 bits per heavy atom. The summed E-state index contributed by atoms with van der Waals surface area (Å²) in [4.78, 5) is 11.8. The van der Waals surface area contributed by atoms with Crippen molar-refractivity contribution >= 4 is 27.4 Å². The van der Waals surface area contributed by atoms with E-state index in [9.17, 15) is 13.2 Å². The van der Waals surface area contributed by atoms with Crippen LogP contribution in [-0.4, -0.2) is 26.2 Å². The Balaban J connectivity index is 2.99. The van der Waals surface area contributed by atoms with Gasteiger partial charge < -0.3 is 4.74 Å². The van der Waals surface area contributed by atoms with Gasteiger partial charge >= 0.3 is 5.97 Å². The molecule has 0 fully saturated rings. The fraction of sp³-hybridized carbons (Fsp3) is 0.500. The van der Waals surface area contributed by atoms with Gasteiger partial charge in [0.1, 0.15) is 0 Å². The molecule has 0 saturated heterocycles. The van der Waals surface area contributed by atoms with E-state index >= 15 is 0 Å². The van der Waals surface area contributed by atoms with E-state index in [0.29, 0.717) is 17.0 Å². The summed E-state index contributed by atoms with van der Waals surface area (Å²) in [7, 11) is -3.64. The number of hydrogen-bond donors (Lipinski definition) is 0. The lowest BCUT2D eigenvalue weighted by molar-refractivity contribution is -0.142. The first-order chi connectivity index (χ1) is 9.42. The van der Waals surface area contributed by atoms with Crippen molar-refractivity contribution < 1.29 is 17.9 Å². The lowest BCUT2D eigenvalue weighted by Gasteiger charge is -2.16. The van der Waals surface area contributed by atoms with Crippen LogP contribution >= 0.6 is 11.6 Å². The summed E-state index contributed by atoms with van der Waals surface area (Å²) in [5.74, 6) is -0.933. The molecule has 1 aromatic rings. The molecule has 112 valence electrons. The highest BCUT2D eigenvalue weighted by Gasteiger charge is 2.33. The first-order valence-corrected chi connectivity index (χ1v) is 8.63. The number of benzene rings is 1. The Morgan fingerprint density at radius 2 is 1.95 bits per heavy atom. The van der Waals surface area contributed by atoms with Crippen molar-refractivity contribution in [3.05, 3.63) is 34.9 Å². The van der Waals surface area contributed by atoms with Crippen LogP contribution in [0.1, 0.15) is 32.3 Å². The molecule has 0 saturated carbocycles. The second-order valence-corrected chi connectivity index (χ2v) is 7.02. The number of halogens is 1. The van der Waals surface area contributed by atoms with Crippen LogP contribution in [0.3, 0.4) is 0 Å². The topological polar surface area (TPSA) is 60.4 Å². The predicted molar refractivity (Wildman–Crippen MR) is 79.4 cm³/mol. The summed E-state index contributed by atoms with van der Waals surface area (Å²) in [6.07, 6.45) is 0.844. The summed E-state index contributed by atoms with van der Waals surface area (Å²) in [5, 5.41) is -0.737. The summed E-state index contributed by atoms with van der Waals surface area (Å²) < 4.78 is 29.7. The maximum atomic E-state index is 12.4. The molecule has 4 nitrogen and oxygen atoms in total. The largest absolute Gasteiger partial charge is 0.465 e. The fourth-order valence-corrected chi connectivity index (χ4v) is 4.00. The van der Waals surface area contributed by atoms with E-state index in [1.54, 1.807) is 31.2 Å². The minimum atomic E-state index is -3.64. The SMILES string of the molecule is CCCC(C(=O)OCC)S(=O)(=O)Cc1ccccc1Cl. The number of hydrogen-bond acceptors (Lipinski definition) is 4. The van der Waals surface area contributed by atoms with Crippen LogP contribution in [0.15, 0.2) is 24.3 Å². The van der Waals surface area contributed by atoms with E-state index in [-0.39, 0.29) is 18.8 Å². The lowest BCUT2D eigenvalue weighted by atomic mass is 10.2. The maximum Gasteiger partial charge on any atom is 0.324 e. The van der Waals surface area contributed by atoms with Crippen molar-refractivity contribution in [1.82, 2.24) is 0 Å². The van der Waals surface area contributed by atoms with Crippen molar-refractivity contribution in [2.24, 2.45) is 0 Å². The van der Waals surface area contributed by atoms with Crippen LogP contribution in [0.5, 0.6) is 0 Å². The highest BCUT2D eigenvalue weighted by atomic mass is 35.5. The van der Waals surface area contributed by atoms with Crippen molar-refractivity contribution in [3.8, 4) is 0 Å². The predicted octanol–water partition coefficient (Wildman–Crippen LogP) is 2.99. The Morgan fingerprint density at radius 1 is 1.30 bits per heavy atom. The molecule has 0 aliphatic carbocycles. The molecule has 1 rings (SSSR count). The molecule has 20 heavy (non-hydrogen) atoms. The Hall–Kier alpha value is -1.07. The first kappa shape index (κ1) is 17.0. The zero-order valence-corrected chi connectivity index (χ0v) is 13.2. The van der Waals surface area contributed by atoms with Gasteiger partial charge in [-0.1, -0.05) is 43.1 Å². The Labute approximate surface area is 125 Å². The van der Waals surface area contributed by atoms with Gasteiger partial charge in [-0.15, -0.1) is 0 Å². The molecule has 6 heteroatoms. The van der Waals surface area contributed by atoms with Crippen LogP contribution in [0.25, 0.3) is 0 Å². The van der Waals surface area contributed by atoms with Gasteiger partial charge in [-0.25, -0.2) is 8.42 Å². The second kappa shape index (κ2) is 7.64. The Bertz CT molecular complexity index is 554. The molecule has 1 atom stereocenters. The van der Waals surface area contributed by atoms with Gasteiger partial charge in [0.05, 0.1) is 12.4 Å². The third-order valence-electron chi connectivity index (χ3n) is 2.85. The molecule has 0 spiro atoms. The minimum absolute atomic E-state index is 0.167. The molecular weight excluding hydrogens is 300 g/mol. The molecular formula is C14H19ClO4S. The van der Waals surface area contributed by atoms with Crippen LogP contribution in [-0.2, 0) is 25.1 Å². The number of carbonyl (C=O) groups excluding carboxylic acids is 1. The number of rotatable bonds is 7. The van der Waals surface area contributed by atoms with Gasteiger partial charge in [0.25, 0.3) is 0 Å². The second-order valence-electron chi connectivity index (χ2n) is 4.43. The van der Waals surface area contributed by atoms with E-state index in [1.165, 1.54) is 0 Å². The average molecular weight is 319 g/mol. The molecule has 0 radical (unpaired) electrons. The monoisotopic (exact) mass is 318 g/mol. The number of ether oxygens (including phenoxy) is 1. The number of carbonyl (C=O) groups is 1. The van der Waals surface area contributed by atoms with Crippen molar-refractivity contribution in [3.63, 3.8) is 0 Å². The highest BCUT2D eigenvalue weighted by Crippen LogP contribution is 2.22. The molecule has 1 aromatic carbocycles. The van der Waals surface area contributed by atoms with Gasteiger partial charge in [-0.2, -0.15) is 0 Å². The van der Waals surface area contributed by atoms with Gasteiger partial charge in [-0.3, -0.25) is 4.79 Å². The van der Waals surface area contributed by atoms with Crippen molar-refractivity contribution in [2.45, 2.75) is 37.7 Å². The highest BCUT2D eigenvalue weighted by molar-refractivity contribution is 7.92. The zero-order valence-electron chi connectivity index (χ0n) is 11.6. The maximum absolute atomic E-state index is 12.4. The third kappa shape index (κ3) is 4.49. The molecule has 0 heterocycles. The van der Waals surface area contributed by atoms with Crippen molar-refractivity contribution in [2.75, 3.05) is 6.61 Å². The van der Waals surface area contributed by atoms with Gasteiger partial charge in [0, 0.05) is 5.02 Å². The number of sulfone groups is 1. The minimum Gasteiger partial charge on any atom is -0.465 e. The third-order valence-corrected chi connectivity index (χ3v) is 5.23. The molecule has 0 aliphatic heterocycles. The average Bonchev–Trinajstić information content (AvgIpc) is 2.38. The molecule has 0 aromatic heterocycles. The van der Waals surface area contributed by atoms with Crippen molar-refractivity contribution in [1.29, 1.82) is 0 Å². The van der Waals surface area contributed by atoms with Crippen LogP contribution < -0.4 is 0 Å². The van der Waals surface area contributed by atoms with E-state index in [0.717, 1.165) is 0 Å². The molecule has 0 bridgehead atoms. The normalized spacial score (nSPS) is 12.9. The van der Waals surface area contributed by atoms with Gasteiger partial charge in [-0.05, 0) is 25.0 Å². The van der Waals surface area contributed by atoms with E-state index < -0.39 is 21.1 Å². The number of esters is 1. The van der Waals surface area contributed by atoms with E-state index in [1.807, 2.05) is 6.92 Å². The molecule has 0 N–H and O–H groups in total. The van der Waals surface area contributed by atoms with Crippen LogP contribution in [0.2, 0.25) is 5.02 Å². The summed E-state index contributed by atoms with van der Waals surface area (Å²) in [6, 6.07) is 6.73. The molecule has 0 amide bonds. The summed E-state index contributed by atoms with van der Waals surface area (Å²) in [5.41, 5.74) is 0.500. The van der Waals surface area contributed by atoms with Gasteiger partial charge in [0.15, 0.2) is 15.1 Å². The zero-order chi connectivity index (χ0) is 15.2. The van der Waals surface area contributed by atoms with Crippen LogP contribution in [0, 0.1) is 0 Å². The Kier molecular flexibility index (Phi) is 6.49. The summed E-state index contributed by atoms with van der Waals surface area (Å²) >= 11 is 5.97. The summed E-state index contributed by atoms with van der Waals surface area (Å²) in [6.45, 7) is 3.65. The standard InChI is InChI=1S/C14H19ClO4S/c1-3-7-13(14(16)19-4-2)20(17,18)10-11-8-5-6-9-12(11)15/h5-6,8-9,13H,3-4,7,10H2,1-2H3. The molecule has 0 aliphatic rings. The fourth-order valence-electron chi connectivity index (χ4n) is 1.87. The molecule has 1 unspecified atom stereocenters. The van der Waals surface area contributed by atoms with E-state index in [4.69, 9.17) is 16.3 Å². The van der Waals surface area contributed by atoms with Gasteiger partial charge in [0.2, 0.25) is 0 Å². The smallest absolute Gasteiger partial charge is 0.324 e. The first-order valence-electron chi connectivity index (χ1n) is 6.54. The van der Waals surface area contributed by atoms with Crippen LogP contribution in [0.4, 0.5) is 0 Å².